The third-order valence-electron chi connectivity index (χ3n) is 0.377. The number of nitrogens with two attached hydrogens (primary N) is 1. The summed E-state index contributed by atoms with van der Waals surface area (Å²) in [5, 5.41) is 0. The van der Waals surface area contributed by atoms with Gasteiger partial charge in [0.2, 0.25) is 0 Å². The largest absolute Gasteiger partial charge is 0.327 e. The molecule has 0 saturated carbocycles. The topological polar surface area (TPSA) is 35.2 Å². The molecule has 0 amide bonds. The van der Waals surface area contributed by atoms with Gasteiger partial charge in [0, 0.05) is 0 Å². The van der Waals surface area contributed by atoms with Crippen molar-refractivity contribution in [2.75, 3.05) is 6.61 Å². The van der Waals surface area contributed by atoms with E-state index in [9.17, 15) is 0 Å². The minimum Gasteiger partial charge on any atom is -0.327 e. The fourth-order valence-corrected chi connectivity index (χ4v) is 0.861. The smallest absolute Gasteiger partial charge is 0.180 e. The van der Waals surface area contributed by atoms with Gasteiger partial charge in [-0.1, -0.05) is 6.08 Å². The molecule has 2 N–H and O–H groups in total. The zero-order chi connectivity index (χ0) is 6.62. The standard InChI is InChI=1S/C3H8NOPS2/c1-2-3-5-6(4,7)8/h2H,1,3H2,(H3,4,7,8). The van der Waals surface area contributed by atoms with E-state index >= 15 is 0 Å². The first-order valence-corrected chi connectivity index (χ1v) is 5.87. The van der Waals surface area contributed by atoms with Crippen LogP contribution < -0.4 is 5.50 Å². The van der Waals surface area contributed by atoms with Gasteiger partial charge in [0.15, 0.2) is 5.62 Å². The summed E-state index contributed by atoms with van der Waals surface area (Å²) in [5.41, 5.74) is 3.02. The first kappa shape index (κ1) is 8.66. The van der Waals surface area contributed by atoms with Crippen LogP contribution in [0.1, 0.15) is 0 Å². The van der Waals surface area contributed by atoms with E-state index in [0.29, 0.717) is 6.61 Å². The van der Waals surface area contributed by atoms with E-state index in [2.05, 4.69) is 30.6 Å². The normalized spacial score (nSPS) is 17.2. The lowest BCUT2D eigenvalue weighted by Gasteiger charge is -2.06. The van der Waals surface area contributed by atoms with E-state index in [1.165, 1.54) is 0 Å². The monoisotopic (exact) mass is 169 g/mol. The summed E-state index contributed by atoms with van der Waals surface area (Å²) in [6.45, 7) is 3.81. The molecule has 0 spiro atoms. The van der Waals surface area contributed by atoms with Crippen molar-refractivity contribution in [1.29, 1.82) is 0 Å². The Bertz CT molecular complexity index is 120. The Morgan fingerprint density at radius 2 is 2.50 bits per heavy atom. The summed E-state index contributed by atoms with van der Waals surface area (Å²) in [7, 11) is 0. The molecular formula is C3H8NOPS2. The predicted octanol–water partition coefficient (Wildman–Crippen LogP) is 1.30. The van der Waals surface area contributed by atoms with E-state index in [1.807, 2.05) is 0 Å². The van der Waals surface area contributed by atoms with Crippen LogP contribution in [0.3, 0.4) is 0 Å². The molecule has 0 aliphatic heterocycles. The highest BCUT2D eigenvalue weighted by molar-refractivity contribution is 8.61. The van der Waals surface area contributed by atoms with E-state index in [-0.39, 0.29) is 0 Å². The lowest BCUT2D eigenvalue weighted by Crippen LogP contribution is -1.91. The van der Waals surface area contributed by atoms with Crippen molar-refractivity contribution in [3.05, 3.63) is 12.7 Å². The van der Waals surface area contributed by atoms with Crippen LogP contribution >= 0.6 is 17.9 Å². The highest BCUT2D eigenvalue weighted by Gasteiger charge is 1.99. The van der Waals surface area contributed by atoms with Gasteiger partial charge >= 0.3 is 0 Å². The fraction of sp³-hybridized carbons (Fsp3) is 0.333. The molecule has 0 saturated heterocycles. The zero-order valence-electron chi connectivity index (χ0n) is 4.28. The molecule has 0 aliphatic rings. The summed E-state index contributed by atoms with van der Waals surface area (Å²) >= 11 is 8.46. The quantitative estimate of drug-likeness (QED) is 0.380. The first-order chi connectivity index (χ1) is 3.56. The average molecular weight is 169 g/mol. The maximum Gasteiger partial charge on any atom is 0.180 e. The van der Waals surface area contributed by atoms with Gasteiger partial charge in [0.1, 0.15) is 0 Å². The van der Waals surface area contributed by atoms with E-state index in [1.54, 1.807) is 6.08 Å². The molecule has 0 heterocycles. The Morgan fingerprint density at radius 3 is 2.62 bits per heavy atom. The summed E-state index contributed by atoms with van der Waals surface area (Å²) in [6.07, 6.45) is 1.59. The molecule has 0 aromatic rings. The second kappa shape index (κ2) is 3.64. The van der Waals surface area contributed by atoms with Crippen LogP contribution in [0.15, 0.2) is 12.7 Å². The molecule has 0 aliphatic carbocycles. The lowest BCUT2D eigenvalue weighted by molar-refractivity contribution is 0.412. The number of hydrogen-bond donors (Lipinski definition) is 2. The Morgan fingerprint density at radius 1 is 2.00 bits per heavy atom. The van der Waals surface area contributed by atoms with Gasteiger partial charge in [0.25, 0.3) is 0 Å². The van der Waals surface area contributed by atoms with Crippen molar-refractivity contribution in [2.24, 2.45) is 5.50 Å². The van der Waals surface area contributed by atoms with Crippen molar-refractivity contribution >= 4 is 29.7 Å². The van der Waals surface area contributed by atoms with Crippen LogP contribution in [-0.2, 0) is 16.3 Å². The van der Waals surface area contributed by atoms with Gasteiger partial charge in [-0.2, -0.15) is 0 Å². The molecule has 0 radical (unpaired) electrons. The average Bonchev–Trinajstić information content (AvgIpc) is 1.59. The van der Waals surface area contributed by atoms with Crippen molar-refractivity contribution in [1.82, 2.24) is 0 Å². The van der Waals surface area contributed by atoms with Crippen molar-refractivity contribution < 1.29 is 4.52 Å². The molecular weight excluding hydrogens is 161 g/mol. The Hall–Kier alpha value is 0.660. The van der Waals surface area contributed by atoms with Crippen LogP contribution in [0, 0.1) is 0 Å². The summed E-state index contributed by atoms with van der Waals surface area (Å²) < 4.78 is 4.83. The Kier molecular flexibility index (Phi) is 3.94. The van der Waals surface area contributed by atoms with E-state index < -0.39 is 5.62 Å². The molecule has 0 bridgehead atoms. The zero-order valence-corrected chi connectivity index (χ0v) is 6.89. The summed E-state index contributed by atoms with van der Waals surface area (Å²) in [6, 6.07) is 0. The molecule has 48 valence electrons. The molecule has 8 heavy (non-hydrogen) atoms. The highest BCUT2D eigenvalue weighted by atomic mass is 32.9. The molecule has 0 fully saturated rings. The molecule has 1 unspecified atom stereocenters. The van der Waals surface area contributed by atoms with E-state index in [0.717, 1.165) is 0 Å². The van der Waals surface area contributed by atoms with Crippen molar-refractivity contribution in [3.8, 4) is 0 Å². The van der Waals surface area contributed by atoms with Gasteiger partial charge in [0.05, 0.1) is 6.61 Å². The number of hydrogen-bond acceptors (Lipinski definition) is 2. The minimum atomic E-state index is -2.23. The third kappa shape index (κ3) is 6.66. The molecule has 1 atom stereocenters. The SMILES string of the molecule is C=CCOP(N)(=S)S. The number of thiol groups is 1. The molecule has 0 aromatic carbocycles. The molecule has 2 nitrogen and oxygen atoms in total. The van der Waals surface area contributed by atoms with Crippen LogP contribution in [0.25, 0.3) is 0 Å². The van der Waals surface area contributed by atoms with Gasteiger partial charge in [-0.15, -0.1) is 18.8 Å². The van der Waals surface area contributed by atoms with Gasteiger partial charge in [-0.3, -0.25) is 5.50 Å². The van der Waals surface area contributed by atoms with Crippen LogP contribution in [-0.4, -0.2) is 6.61 Å². The third-order valence-corrected chi connectivity index (χ3v) is 1.56. The molecule has 0 aromatic heterocycles. The summed E-state index contributed by atoms with van der Waals surface area (Å²) in [5.74, 6) is 0. The highest BCUT2D eigenvalue weighted by Crippen LogP contribution is 2.42. The van der Waals surface area contributed by atoms with Gasteiger partial charge in [-0.05, 0) is 11.8 Å². The second-order valence-electron chi connectivity index (χ2n) is 1.15. The maximum atomic E-state index is 5.24. The Balaban J connectivity index is 3.40. The Labute approximate surface area is 59.4 Å². The number of rotatable bonds is 3. The van der Waals surface area contributed by atoms with Crippen molar-refractivity contribution in [2.45, 2.75) is 0 Å². The minimum absolute atomic E-state index is 0.386. The second-order valence-corrected chi connectivity index (χ2v) is 6.76. The molecule has 0 rings (SSSR count). The predicted molar refractivity (Wildman–Crippen MR) is 43.6 cm³/mol. The van der Waals surface area contributed by atoms with Crippen LogP contribution in [0.2, 0.25) is 0 Å². The van der Waals surface area contributed by atoms with Crippen LogP contribution in [0.4, 0.5) is 0 Å². The first-order valence-electron chi connectivity index (χ1n) is 1.93. The lowest BCUT2D eigenvalue weighted by atomic mass is 10.7. The van der Waals surface area contributed by atoms with E-state index in [4.69, 9.17) is 10.0 Å². The maximum absolute atomic E-state index is 5.24. The summed E-state index contributed by atoms with van der Waals surface area (Å²) in [4.78, 5) is 0. The van der Waals surface area contributed by atoms with Gasteiger partial charge < -0.3 is 4.52 Å². The molecule has 5 heteroatoms. The van der Waals surface area contributed by atoms with Crippen molar-refractivity contribution in [3.63, 3.8) is 0 Å². The van der Waals surface area contributed by atoms with Gasteiger partial charge in [-0.25, -0.2) is 0 Å². The van der Waals surface area contributed by atoms with Crippen LogP contribution in [0.5, 0.6) is 0 Å². The fourth-order valence-electron chi connectivity index (χ4n) is 0.160.